The van der Waals surface area contributed by atoms with Crippen LogP contribution in [-0.2, 0) is 5.54 Å². The minimum Gasteiger partial charge on any atom is -0.309 e. The molecule has 0 saturated carbocycles. The topological polar surface area (TPSA) is 49.8 Å². The normalized spacial score (nSPS) is 13.5. The van der Waals surface area contributed by atoms with Crippen LogP contribution in [0.5, 0.6) is 0 Å². The molecule has 5 heteroatoms. The van der Waals surface area contributed by atoms with Crippen molar-refractivity contribution in [2.75, 3.05) is 5.75 Å². The third kappa shape index (κ3) is 3.16. The molecule has 1 unspecified atom stereocenters. The summed E-state index contributed by atoms with van der Waals surface area (Å²) >= 11 is 1.22. The molecule has 2 nitrogen and oxygen atoms in total. The number of hydrogen-bond donors (Lipinski definition) is 1. The Balaban J connectivity index is 2.15. The number of rotatable bonds is 4. The molecule has 0 aliphatic rings. The zero-order valence-corrected chi connectivity index (χ0v) is 11.3. The number of nitriles is 1. The van der Waals surface area contributed by atoms with Gasteiger partial charge in [-0.3, -0.25) is 0 Å². The Bertz CT molecular complexity index is 640. The Hall–Kier alpha value is -1.90. The van der Waals surface area contributed by atoms with Gasteiger partial charge in [0.05, 0.1) is 6.07 Å². The zero-order chi connectivity index (χ0) is 14.6. The van der Waals surface area contributed by atoms with E-state index >= 15 is 0 Å². The van der Waals surface area contributed by atoms with E-state index in [4.69, 9.17) is 5.73 Å². The molecule has 0 saturated heterocycles. The maximum atomic E-state index is 13.1. The van der Waals surface area contributed by atoms with E-state index in [1.54, 1.807) is 24.3 Å². The molecule has 0 aliphatic carbocycles. The fourth-order valence-electron chi connectivity index (χ4n) is 1.68. The van der Waals surface area contributed by atoms with Crippen LogP contribution in [0.1, 0.15) is 5.56 Å². The molecule has 0 fully saturated rings. The Morgan fingerprint density at radius 2 is 1.80 bits per heavy atom. The largest absolute Gasteiger partial charge is 0.309 e. The number of thioether (sulfide) groups is 1. The van der Waals surface area contributed by atoms with Crippen LogP contribution in [0.2, 0.25) is 0 Å². The number of benzene rings is 2. The molecule has 2 aromatic rings. The molecule has 0 aromatic heterocycles. The van der Waals surface area contributed by atoms with Gasteiger partial charge in [0.15, 0.2) is 11.6 Å². The molecule has 0 heterocycles. The Labute approximate surface area is 120 Å². The summed E-state index contributed by atoms with van der Waals surface area (Å²) in [6.45, 7) is 0. The van der Waals surface area contributed by atoms with Gasteiger partial charge < -0.3 is 5.73 Å². The molecule has 1 atom stereocenters. The van der Waals surface area contributed by atoms with Gasteiger partial charge in [0.1, 0.15) is 5.54 Å². The quantitative estimate of drug-likeness (QED) is 0.878. The van der Waals surface area contributed by atoms with E-state index < -0.39 is 17.2 Å². The highest BCUT2D eigenvalue weighted by atomic mass is 32.2. The van der Waals surface area contributed by atoms with E-state index in [1.165, 1.54) is 17.8 Å². The van der Waals surface area contributed by atoms with Gasteiger partial charge in [0.2, 0.25) is 0 Å². The number of nitrogens with zero attached hydrogens (tertiary/aromatic N) is 1. The van der Waals surface area contributed by atoms with Crippen LogP contribution in [-0.4, -0.2) is 5.75 Å². The van der Waals surface area contributed by atoms with Gasteiger partial charge in [0, 0.05) is 10.6 Å². The van der Waals surface area contributed by atoms with Gasteiger partial charge in [-0.25, -0.2) is 8.78 Å². The minimum absolute atomic E-state index is 0.249. The lowest BCUT2D eigenvalue weighted by atomic mass is 9.95. The molecular weight excluding hydrogens is 278 g/mol. The highest BCUT2D eigenvalue weighted by Crippen LogP contribution is 2.28. The molecule has 20 heavy (non-hydrogen) atoms. The van der Waals surface area contributed by atoms with E-state index in [9.17, 15) is 14.0 Å². The zero-order valence-electron chi connectivity index (χ0n) is 10.5. The number of halogens is 2. The van der Waals surface area contributed by atoms with Crippen LogP contribution in [0.25, 0.3) is 0 Å². The standard InChI is InChI=1S/C15H12F2N2S/c16-13-7-6-12(8-14(13)17)20-10-15(19,9-18)11-4-2-1-3-5-11/h1-8H,10,19H2. The summed E-state index contributed by atoms with van der Waals surface area (Å²) in [6, 6.07) is 14.7. The monoisotopic (exact) mass is 290 g/mol. The molecular formula is C15H12F2N2S. The maximum Gasteiger partial charge on any atom is 0.159 e. The summed E-state index contributed by atoms with van der Waals surface area (Å²) in [5.74, 6) is -1.55. The first-order valence-electron chi connectivity index (χ1n) is 5.89. The summed E-state index contributed by atoms with van der Waals surface area (Å²) in [7, 11) is 0. The first kappa shape index (κ1) is 14.5. The molecule has 2 N–H and O–H groups in total. The SMILES string of the molecule is N#CC(N)(CSc1ccc(F)c(F)c1)c1ccccc1. The van der Waals surface area contributed by atoms with Crippen molar-refractivity contribution in [2.45, 2.75) is 10.4 Å². The minimum atomic E-state index is -1.17. The average Bonchev–Trinajstić information content (AvgIpc) is 2.49. The third-order valence-corrected chi connectivity index (χ3v) is 4.03. The molecule has 102 valence electrons. The average molecular weight is 290 g/mol. The van der Waals surface area contributed by atoms with E-state index in [0.717, 1.165) is 12.1 Å². The van der Waals surface area contributed by atoms with Gasteiger partial charge >= 0.3 is 0 Å². The summed E-state index contributed by atoms with van der Waals surface area (Å²) in [6.07, 6.45) is 0. The van der Waals surface area contributed by atoms with Crippen molar-refractivity contribution in [1.82, 2.24) is 0 Å². The highest BCUT2D eigenvalue weighted by molar-refractivity contribution is 7.99. The molecule has 0 spiro atoms. The summed E-state index contributed by atoms with van der Waals surface area (Å²) in [5, 5.41) is 9.29. The van der Waals surface area contributed by atoms with Gasteiger partial charge in [-0.05, 0) is 23.8 Å². The van der Waals surface area contributed by atoms with Crippen LogP contribution in [0.15, 0.2) is 53.4 Å². The van der Waals surface area contributed by atoms with E-state index in [1.807, 2.05) is 6.07 Å². The predicted octanol–water partition coefficient (Wildman–Crippen LogP) is 3.43. The van der Waals surface area contributed by atoms with Crippen LogP contribution in [0.4, 0.5) is 8.78 Å². The van der Waals surface area contributed by atoms with Crippen molar-refractivity contribution in [3.05, 3.63) is 65.7 Å². The van der Waals surface area contributed by atoms with Gasteiger partial charge in [-0.15, -0.1) is 11.8 Å². The number of nitrogens with two attached hydrogens (primary N) is 1. The second-order valence-electron chi connectivity index (χ2n) is 4.31. The van der Waals surface area contributed by atoms with Crippen molar-refractivity contribution in [1.29, 1.82) is 5.26 Å². The molecule has 0 aliphatic heterocycles. The molecule has 2 rings (SSSR count). The summed E-state index contributed by atoms with van der Waals surface area (Å²) in [4.78, 5) is 0.532. The van der Waals surface area contributed by atoms with Crippen LogP contribution < -0.4 is 5.73 Å². The van der Waals surface area contributed by atoms with Crippen molar-refractivity contribution in [2.24, 2.45) is 5.73 Å². The van der Waals surface area contributed by atoms with Gasteiger partial charge in [-0.1, -0.05) is 30.3 Å². The van der Waals surface area contributed by atoms with Crippen molar-refractivity contribution < 1.29 is 8.78 Å². The summed E-state index contributed by atoms with van der Waals surface area (Å²) in [5.41, 5.74) is 5.61. The smallest absolute Gasteiger partial charge is 0.159 e. The Kier molecular flexibility index (Phi) is 4.38. The number of hydrogen-bond acceptors (Lipinski definition) is 3. The van der Waals surface area contributed by atoms with Crippen molar-refractivity contribution in [3.8, 4) is 6.07 Å². The molecule has 0 amide bonds. The Morgan fingerprint density at radius 3 is 2.40 bits per heavy atom. The lowest BCUT2D eigenvalue weighted by Gasteiger charge is -2.21. The lowest BCUT2D eigenvalue weighted by Crippen LogP contribution is -2.37. The van der Waals surface area contributed by atoms with Crippen molar-refractivity contribution in [3.63, 3.8) is 0 Å². The first-order chi connectivity index (χ1) is 9.55. The van der Waals surface area contributed by atoms with Crippen LogP contribution in [0.3, 0.4) is 0 Å². The molecule has 0 bridgehead atoms. The first-order valence-corrected chi connectivity index (χ1v) is 6.87. The fraction of sp³-hybridized carbons (Fsp3) is 0.133. The highest BCUT2D eigenvalue weighted by Gasteiger charge is 2.27. The lowest BCUT2D eigenvalue weighted by molar-refractivity contribution is 0.506. The molecule has 0 radical (unpaired) electrons. The van der Waals surface area contributed by atoms with Gasteiger partial charge in [0.25, 0.3) is 0 Å². The van der Waals surface area contributed by atoms with Gasteiger partial charge in [-0.2, -0.15) is 5.26 Å². The predicted molar refractivity (Wildman–Crippen MR) is 75.0 cm³/mol. The van der Waals surface area contributed by atoms with Crippen LogP contribution in [0, 0.1) is 23.0 Å². The summed E-state index contributed by atoms with van der Waals surface area (Å²) < 4.78 is 26.0. The van der Waals surface area contributed by atoms with Crippen LogP contribution >= 0.6 is 11.8 Å². The van der Waals surface area contributed by atoms with Crippen molar-refractivity contribution >= 4 is 11.8 Å². The maximum absolute atomic E-state index is 13.1. The molecule has 2 aromatic carbocycles. The van der Waals surface area contributed by atoms with E-state index in [0.29, 0.717) is 10.5 Å². The van der Waals surface area contributed by atoms with E-state index in [-0.39, 0.29) is 5.75 Å². The second-order valence-corrected chi connectivity index (χ2v) is 5.36. The van der Waals surface area contributed by atoms with E-state index in [2.05, 4.69) is 6.07 Å². The second kappa shape index (κ2) is 6.04. The fourth-order valence-corrected chi connectivity index (χ4v) is 2.66. The third-order valence-electron chi connectivity index (χ3n) is 2.85. The Morgan fingerprint density at radius 1 is 1.10 bits per heavy atom.